The summed E-state index contributed by atoms with van der Waals surface area (Å²) in [5, 5.41) is 3.31. The minimum Gasteiger partial charge on any atom is -0.349 e. The molecular formula is C12H19N3O. The van der Waals surface area contributed by atoms with Gasteiger partial charge in [-0.05, 0) is 24.6 Å². The first-order valence-corrected chi connectivity index (χ1v) is 5.44. The number of amides is 1. The van der Waals surface area contributed by atoms with Crippen LogP contribution in [0.4, 0.5) is 0 Å². The molecule has 1 N–H and O–H groups in total. The van der Waals surface area contributed by atoms with E-state index in [4.69, 9.17) is 0 Å². The third-order valence-electron chi connectivity index (χ3n) is 2.49. The second-order valence-corrected chi connectivity index (χ2v) is 3.99. The van der Waals surface area contributed by atoms with E-state index in [9.17, 15) is 4.79 Å². The van der Waals surface area contributed by atoms with Gasteiger partial charge in [0.1, 0.15) is 0 Å². The van der Waals surface area contributed by atoms with Gasteiger partial charge in [-0.2, -0.15) is 0 Å². The summed E-state index contributed by atoms with van der Waals surface area (Å²) in [4.78, 5) is 16.9. The van der Waals surface area contributed by atoms with Crippen LogP contribution in [-0.4, -0.2) is 36.4 Å². The maximum atomic E-state index is 11.3. The molecule has 0 saturated heterocycles. The molecule has 4 heteroatoms. The molecule has 0 bridgehead atoms. The molecule has 1 amide bonds. The number of nitrogens with zero attached hydrogens (tertiary/aromatic N) is 2. The molecule has 1 rings (SSSR count). The Morgan fingerprint density at radius 3 is 2.62 bits per heavy atom. The zero-order valence-corrected chi connectivity index (χ0v) is 10.1. The van der Waals surface area contributed by atoms with Gasteiger partial charge in [-0.25, -0.2) is 0 Å². The van der Waals surface area contributed by atoms with E-state index in [1.54, 1.807) is 31.4 Å². The summed E-state index contributed by atoms with van der Waals surface area (Å²) in [5.41, 5.74) is 1.19. The van der Waals surface area contributed by atoms with Gasteiger partial charge in [0, 0.05) is 45.5 Å². The van der Waals surface area contributed by atoms with Gasteiger partial charge in [0.05, 0.1) is 0 Å². The van der Waals surface area contributed by atoms with Crippen molar-refractivity contribution in [3.05, 3.63) is 30.1 Å². The minimum absolute atomic E-state index is 0.148. The SMILES string of the molecule is C[C@H](NCCC(=O)N(C)C)c1ccncc1. The molecule has 0 radical (unpaired) electrons. The molecule has 1 heterocycles. The van der Waals surface area contributed by atoms with E-state index in [0.717, 1.165) is 0 Å². The van der Waals surface area contributed by atoms with Crippen LogP contribution in [-0.2, 0) is 4.79 Å². The lowest BCUT2D eigenvalue weighted by molar-refractivity contribution is -0.128. The number of nitrogens with one attached hydrogen (secondary N) is 1. The predicted octanol–water partition coefficient (Wildman–Crippen LogP) is 1.21. The Kier molecular flexibility index (Phi) is 4.92. The molecule has 0 aliphatic heterocycles. The molecule has 0 spiro atoms. The van der Waals surface area contributed by atoms with E-state index in [-0.39, 0.29) is 11.9 Å². The summed E-state index contributed by atoms with van der Waals surface area (Å²) >= 11 is 0. The van der Waals surface area contributed by atoms with E-state index < -0.39 is 0 Å². The van der Waals surface area contributed by atoms with Crippen LogP contribution in [0.15, 0.2) is 24.5 Å². The van der Waals surface area contributed by atoms with Crippen molar-refractivity contribution in [3.63, 3.8) is 0 Å². The predicted molar refractivity (Wildman–Crippen MR) is 64.0 cm³/mol. The number of hydrogen-bond donors (Lipinski definition) is 1. The fourth-order valence-corrected chi connectivity index (χ4v) is 1.39. The normalized spacial score (nSPS) is 12.2. The number of rotatable bonds is 5. The van der Waals surface area contributed by atoms with Crippen molar-refractivity contribution < 1.29 is 4.79 Å². The van der Waals surface area contributed by atoms with Crippen molar-refractivity contribution in [1.82, 2.24) is 15.2 Å². The van der Waals surface area contributed by atoms with Crippen LogP contribution in [0, 0.1) is 0 Å². The maximum absolute atomic E-state index is 11.3. The molecule has 4 nitrogen and oxygen atoms in total. The van der Waals surface area contributed by atoms with E-state index in [1.165, 1.54) is 5.56 Å². The molecule has 88 valence electrons. The third kappa shape index (κ3) is 3.98. The molecular weight excluding hydrogens is 202 g/mol. The van der Waals surface area contributed by atoms with Gasteiger partial charge in [-0.1, -0.05) is 0 Å². The standard InChI is InChI=1S/C12H19N3O/c1-10(11-4-7-13-8-5-11)14-9-6-12(16)15(2)3/h4-5,7-8,10,14H,6,9H2,1-3H3/t10-/m0/s1. The minimum atomic E-state index is 0.148. The second-order valence-electron chi connectivity index (χ2n) is 3.99. The zero-order chi connectivity index (χ0) is 12.0. The summed E-state index contributed by atoms with van der Waals surface area (Å²) in [7, 11) is 3.54. The second kappa shape index (κ2) is 6.23. The lowest BCUT2D eigenvalue weighted by Crippen LogP contribution is -2.28. The fraction of sp³-hybridized carbons (Fsp3) is 0.500. The van der Waals surface area contributed by atoms with E-state index in [1.807, 2.05) is 12.1 Å². The molecule has 1 aromatic rings. The first-order valence-electron chi connectivity index (χ1n) is 5.44. The van der Waals surface area contributed by atoms with Gasteiger partial charge >= 0.3 is 0 Å². The van der Waals surface area contributed by atoms with Gasteiger partial charge in [0.25, 0.3) is 0 Å². The molecule has 16 heavy (non-hydrogen) atoms. The number of carbonyl (C=O) groups excluding carboxylic acids is 1. The van der Waals surface area contributed by atoms with Crippen LogP contribution in [0.25, 0.3) is 0 Å². The van der Waals surface area contributed by atoms with Gasteiger partial charge in [-0.15, -0.1) is 0 Å². The third-order valence-corrected chi connectivity index (χ3v) is 2.49. The highest BCUT2D eigenvalue weighted by Crippen LogP contribution is 2.09. The Bertz CT molecular complexity index is 324. The summed E-state index contributed by atoms with van der Waals surface area (Å²) in [6.45, 7) is 2.77. The van der Waals surface area contributed by atoms with Crippen LogP contribution >= 0.6 is 0 Å². The Morgan fingerprint density at radius 2 is 2.06 bits per heavy atom. The van der Waals surface area contributed by atoms with Crippen LogP contribution in [0.5, 0.6) is 0 Å². The molecule has 0 unspecified atom stereocenters. The monoisotopic (exact) mass is 221 g/mol. The lowest BCUT2D eigenvalue weighted by atomic mass is 10.1. The number of pyridine rings is 1. The van der Waals surface area contributed by atoms with E-state index in [2.05, 4.69) is 17.2 Å². The highest BCUT2D eigenvalue weighted by molar-refractivity contribution is 5.75. The van der Waals surface area contributed by atoms with Crippen LogP contribution in [0.3, 0.4) is 0 Å². The largest absolute Gasteiger partial charge is 0.349 e. The summed E-state index contributed by atoms with van der Waals surface area (Å²) in [6, 6.07) is 4.20. The van der Waals surface area contributed by atoms with E-state index >= 15 is 0 Å². The Labute approximate surface area is 96.7 Å². The zero-order valence-electron chi connectivity index (χ0n) is 10.1. The van der Waals surface area contributed by atoms with Crippen molar-refractivity contribution in [3.8, 4) is 0 Å². The molecule has 0 fully saturated rings. The van der Waals surface area contributed by atoms with Crippen molar-refractivity contribution >= 4 is 5.91 Å². The number of hydrogen-bond acceptors (Lipinski definition) is 3. The van der Waals surface area contributed by atoms with Gasteiger partial charge in [0.2, 0.25) is 5.91 Å². The van der Waals surface area contributed by atoms with Gasteiger partial charge < -0.3 is 10.2 Å². The van der Waals surface area contributed by atoms with Gasteiger partial charge in [0.15, 0.2) is 0 Å². The topological polar surface area (TPSA) is 45.2 Å². The Balaban J connectivity index is 2.31. The lowest BCUT2D eigenvalue weighted by Gasteiger charge is -2.15. The van der Waals surface area contributed by atoms with Crippen molar-refractivity contribution in [2.24, 2.45) is 0 Å². The molecule has 0 aliphatic carbocycles. The molecule has 0 aliphatic rings. The molecule has 1 atom stereocenters. The molecule has 1 aromatic heterocycles. The first kappa shape index (κ1) is 12.6. The Morgan fingerprint density at radius 1 is 1.44 bits per heavy atom. The number of carbonyl (C=O) groups is 1. The quantitative estimate of drug-likeness (QED) is 0.813. The van der Waals surface area contributed by atoms with E-state index in [0.29, 0.717) is 13.0 Å². The average Bonchev–Trinajstić information content (AvgIpc) is 2.29. The molecule has 0 saturated carbocycles. The van der Waals surface area contributed by atoms with Crippen LogP contribution in [0.2, 0.25) is 0 Å². The van der Waals surface area contributed by atoms with Crippen LogP contribution < -0.4 is 5.32 Å². The smallest absolute Gasteiger partial charge is 0.223 e. The maximum Gasteiger partial charge on any atom is 0.223 e. The fourth-order valence-electron chi connectivity index (χ4n) is 1.39. The summed E-state index contributed by atoms with van der Waals surface area (Å²) < 4.78 is 0. The highest BCUT2D eigenvalue weighted by Gasteiger charge is 2.06. The van der Waals surface area contributed by atoms with Gasteiger partial charge in [-0.3, -0.25) is 9.78 Å². The Hall–Kier alpha value is -1.42. The average molecular weight is 221 g/mol. The van der Waals surface area contributed by atoms with Crippen molar-refractivity contribution in [1.29, 1.82) is 0 Å². The summed E-state index contributed by atoms with van der Waals surface area (Å²) in [5.74, 6) is 0.148. The summed E-state index contributed by atoms with van der Waals surface area (Å²) in [6.07, 6.45) is 4.08. The molecule has 0 aromatic carbocycles. The first-order chi connectivity index (χ1) is 7.61. The van der Waals surface area contributed by atoms with Crippen molar-refractivity contribution in [2.75, 3.05) is 20.6 Å². The van der Waals surface area contributed by atoms with Crippen molar-refractivity contribution in [2.45, 2.75) is 19.4 Å². The number of aromatic nitrogens is 1. The van der Waals surface area contributed by atoms with Crippen LogP contribution in [0.1, 0.15) is 24.9 Å². The highest BCUT2D eigenvalue weighted by atomic mass is 16.2.